The van der Waals surface area contributed by atoms with Gasteiger partial charge >= 0.3 is 0 Å². The molecule has 1 amide bonds. The Morgan fingerprint density at radius 2 is 1.94 bits per heavy atom. The number of halogens is 1. The van der Waals surface area contributed by atoms with Crippen molar-refractivity contribution in [3.05, 3.63) is 69.6 Å². The third-order valence-electron chi connectivity index (χ3n) is 5.99. The number of aliphatic hydroxyl groups is 1. The van der Waals surface area contributed by atoms with Crippen molar-refractivity contribution in [1.29, 1.82) is 0 Å². The molecule has 6 nitrogen and oxygen atoms in total. The highest BCUT2D eigenvalue weighted by Crippen LogP contribution is 2.31. The van der Waals surface area contributed by atoms with E-state index < -0.39 is 6.23 Å². The van der Waals surface area contributed by atoms with Crippen LogP contribution in [0.3, 0.4) is 0 Å². The molecule has 7 heteroatoms. The smallest absolute Gasteiger partial charge is 0.260 e. The number of carbonyl (C=O) groups is 1. The second-order valence-electron chi connectivity index (χ2n) is 7.91. The Balaban J connectivity index is 1.63. The van der Waals surface area contributed by atoms with Crippen molar-refractivity contribution in [1.82, 2.24) is 4.57 Å². The molecule has 0 radical (unpaired) electrons. The van der Waals surface area contributed by atoms with Gasteiger partial charge in [-0.3, -0.25) is 14.2 Å². The van der Waals surface area contributed by atoms with Gasteiger partial charge in [0.2, 0.25) is 0 Å². The molecular formula is C24H25ClN2O4. The predicted octanol–water partition coefficient (Wildman–Crippen LogP) is 4.99. The van der Waals surface area contributed by atoms with Crippen LogP contribution in [0.5, 0.6) is 5.75 Å². The quantitative estimate of drug-likeness (QED) is 0.585. The molecule has 1 aliphatic rings. The van der Waals surface area contributed by atoms with E-state index >= 15 is 0 Å². The molecule has 4 rings (SSSR count). The van der Waals surface area contributed by atoms with Gasteiger partial charge in [0, 0.05) is 34.1 Å². The minimum absolute atomic E-state index is 0.0894. The lowest BCUT2D eigenvalue weighted by molar-refractivity contribution is 0.0210. The van der Waals surface area contributed by atoms with Gasteiger partial charge in [-0.15, -0.1) is 0 Å². The van der Waals surface area contributed by atoms with E-state index in [-0.39, 0.29) is 17.4 Å². The minimum Gasteiger partial charge on any atom is -0.495 e. The summed E-state index contributed by atoms with van der Waals surface area (Å²) in [5, 5.41) is 15.1. The molecule has 3 aromatic rings. The summed E-state index contributed by atoms with van der Waals surface area (Å²) in [5.74, 6) is 0.232. The maximum atomic E-state index is 13.1. The van der Waals surface area contributed by atoms with Gasteiger partial charge in [-0.25, -0.2) is 0 Å². The van der Waals surface area contributed by atoms with Crippen LogP contribution in [0.15, 0.2) is 53.5 Å². The van der Waals surface area contributed by atoms with E-state index in [0.717, 1.165) is 25.7 Å². The van der Waals surface area contributed by atoms with Gasteiger partial charge in [0.25, 0.3) is 11.5 Å². The SMILES string of the molecule is COc1ccc(C(=O)Nc2cccc3c(=O)n(C(O)C4CCCCC4)ccc23)cc1Cl. The zero-order valence-corrected chi connectivity index (χ0v) is 18.1. The maximum Gasteiger partial charge on any atom is 0.260 e. The molecule has 1 unspecified atom stereocenters. The van der Waals surface area contributed by atoms with Crippen LogP contribution in [-0.2, 0) is 0 Å². The zero-order valence-electron chi connectivity index (χ0n) is 17.3. The van der Waals surface area contributed by atoms with Crippen LogP contribution in [0.1, 0.15) is 48.7 Å². The van der Waals surface area contributed by atoms with Gasteiger partial charge in [0.15, 0.2) is 0 Å². The van der Waals surface area contributed by atoms with Crippen LogP contribution in [0.4, 0.5) is 5.69 Å². The monoisotopic (exact) mass is 440 g/mol. The lowest BCUT2D eigenvalue weighted by atomic mass is 9.88. The molecule has 2 N–H and O–H groups in total. The minimum atomic E-state index is -0.836. The Morgan fingerprint density at radius 1 is 1.16 bits per heavy atom. The topological polar surface area (TPSA) is 80.6 Å². The first-order chi connectivity index (χ1) is 15.0. The number of fused-ring (bicyclic) bond motifs is 1. The van der Waals surface area contributed by atoms with Gasteiger partial charge in [0.1, 0.15) is 12.0 Å². The number of aliphatic hydroxyl groups excluding tert-OH is 1. The summed E-state index contributed by atoms with van der Waals surface area (Å²) in [6.45, 7) is 0. The number of hydrogen-bond donors (Lipinski definition) is 2. The fourth-order valence-corrected chi connectivity index (χ4v) is 4.53. The standard InChI is InChI=1S/C24H25ClN2O4/c1-31-21-11-10-16(14-19(21)25)22(28)26-20-9-5-8-18-17(20)12-13-27(24(18)30)23(29)15-6-3-2-4-7-15/h5,8-15,23,29H,2-4,6-7H2,1H3,(H,26,28). The number of ether oxygens (including phenoxy) is 1. The summed E-state index contributed by atoms with van der Waals surface area (Å²) < 4.78 is 6.53. The molecule has 1 fully saturated rings. The summed E-state index contributed by atoms with van der Waals surface area (Å²) in [7, 11) is 1.51. The molecule has 31 heavy (non-hydrogen) atoms. The molecule has 0 spiro atoms. The number of amides is 1. The fraction of sp³-hybridized carbons (Fsp3) is 0.333. The summed E-state index contributed by atoms with van der Waals surface area (Å²) in [4.78, 5) is 25.8. The number of methoxy groups -OCH3 is 1. The van der Waals surface area contributed by atoms with E-state index in [1.54, 1.807) is 42.6 Å². The first-order valence-corrected chi connectivity index (χ1v) is 10.8. The number of rotatable bonds is 5. The summed E-state index contributed by atoms with van der Waals surface area (Å²) >= 11 is 6.13. The highest BCUT2D eigenvalue weighted by molar-refractivity contribution is 6.32. The summed E-state index contributed by atoms with van der Waals surface area (Å²) in [6, 6.07) is 11.7. The van der Waals surface area contributed by atoms with Crippen LogP contribution < -0.4 is 15.6 Å². The maximum absolute atomic E-state index is 13.1. The lowest BCUT2D eigenvalue weighted by Gasteiger charge is -2.28. The number of pyridine rings is 1. The fourth-order valence-electron chi connectivity index (χ4n) is 4.27. The number of nitrogens with zero attached hydrogens (tertiary/aromatic N) is 1. The van der Waals surface area contributed by atoms with Gasteiger partial charge < -0.3 is 15.2 Å². The second kappa shape index (κ2) is 9.12. The number of carbonyl (C=O) groups excluding carboxylic acids is 1. The van der Waals surface area contributed by atoms with Crippen molar-refractivity contribution in [3.63, 3.8) is 0 Å². The summed E-state index contributed by atoms with van der Waals surface area (Å²) in [6.07, 6.45) is 5.96. The third-order valence-corrected chi connectivity index (χ3v) is 6.29. The van der Waals surface area contributed by atoms with Crippen molar-refractivity contribution in [3.8, 4) is 5.75 Å². The Morgan fingerprint density at radius 3 is 2.65 bits per heavy atom. The van der Waals surface area contributed by atoms with Crippen LogP contribution >= 0.6 is 11.6 Å². The van der Waals surface area contributed by atoms with E-state index in [1.165, 1.54) is 24.2 Å². The molecular weight excluding hydrogens is 416 g/mol. The largest absolute Gasteiger partial charge is 0.495 e. The average Bonchev–Trinajstić information content (AvgIpc) is 2.80. The van der Waals surface area contributed by atoms with Crippen LogP contribution in [0.2, 0.25) is 5.02 Å². The Kier molecular flexibility index (Phi) is 6.30. The van der Waals surface area contributed by atoms with Crippen LogP contribution in [0, 0.1) is 5.92 Å². The van der Waals surface area contributed by atoms with E-state index in [9.17, 15) is 14.7 Å². The van der Waals surface area contributed by atoms with Crippen molar-refractivity contribution >= 4 is 34.0 Å². The zero-order chi connectivity index (χ0) is 22.0. The number of benzene rings is 2. The third kappa shape index (κ3) is 4.31. The number of aromatic nitrogens is 1. The molecule has 1 saturated carbocycles. The van der Waals surface area contributed by atoms with Crippen LogP contribution in [0.25, 0.3) is 10.8 Å². The molecule has 1 heterocycles. The second-order valence-corrected chi connectivity index (χ2v) is 8.32. The molecule has 0 aliphatic heterocycles. The van der Waals surface area contributed by atoms with Crippen LogP contribution in [-0.4, -0.2) is 22.7 Å². The molecule has 1 atom stereocenters. The first kappa shape index (κ1) is 21.4. The Bertz CT molecular complexity index is 1170. The highest BCUT2D eigenvalue weighted by atomic mass is 35.5. The van der Waals surface area contributed by atoms with Crippen molar-refractivity contribution in [2.45, 2.75) is 38.3 Å². The van der Waals surface area contributed by atoms with E-state index in [0.29, 0.717) is 32.8 Å². The number of nitrogens with one attached hydrogen (secondary N) is 1. The van der Waals surface area contributed by atoms with E-state index in [1.807, 2.05) is 0 Å². The van der Waals surface area contributed by atoms with E-state index in [4.69, 9.17) is 16.3 Å². The number of hydrogen-bond acceptors (Lipinski definition) is 4. The lowest BCUT2D eigenvalue weighted by Crippen LogP contribution is -2.30. The highest BCUT2D eigenvalue weighted by Gasteiger charge is 2.24. The Labute approximate surface area is 185 Å². The molecule has 0 bridgehead atoms. The van der Waals surface area contributed by atoms with Crippen molar-refractivity contribution in [2.75, 3.05) is 12.4 Å². The van der Waals surface area contributed by atoms with Gasteiger partial charge in [-0.1, -0.05) is 36.9 Å². The van der Waals surface area contributed by atoms with Crippen molar-refractivity contribution < 1.29 is 14.6 Å². The molecule has 2 aromatic carbocycles. The average molecular weight is 441 g/mol. The molecule has 1 aliphatic carbocycles. The Hall–Kier alpha value is -2.83. The predicted molar refractivity (Wildman–Crippen MR) is 122 cm³/mol. The summed E-state index contributed by atoms with van der Waals surface area (Å²) in [5.41, 5.74) is 0.633. The van der Waals surface area contributed by atoms with Crippen molar-refractivity contribution in [2.24, 2.45) is 5.92 Å². The normalized spacial score (nSPS) is 15.6. The molecule has 162 valence electrons. The van der Waals surface area contributed by atoms with Gasteiger partial charge in [-0.2, -0.15) is 0 Å². The number of anilines is 1. The first-order valence-electron chi connectivity index (χ1n) is 10.5. The molecule has 1 aromatic heterocycles. The molecule has 0 saturated heterocycles. The van der Waals surface area contributed by atoms with Gasteiger partial charge in [0.05, 0.1) is 12.1 Å². The van der Waals surface area contributed by atoms with E-state index in [2.05, 4.69) is 5.32 Å². The van der Waals surface area contributed by atoms with Gasteiger partial charge in [-0.05, 0) is 49.2 Å².